The van der Waals surface area contributed by atoms with Crippen molar-refractivity contribution in [3.63, 3.8) is 0 Å². The lowest BCUT2D eigenvalue weighted by Gasteiger charge is -2.12. The summed E-state index contributed by atoms with van der Waals surface area (Å²) in [5, 5.41) is 13.2. The van der Waals surface area contributed by atoms with Crippen LogP contribution in [0.15, 0.2) is 60.2 Å². The summed E-state index contributed by atoms with van der Waals surface area (Å²) in [6.07, 6.45) is 1.50. The van der Waals surface area contributed by atoms with Gasteiger partial charge < -0.3 is 14.8 Å². The zero-order valence-corrected chi connectivity index (χ0v) is 19.9. The highest BCUT2D eigenvalue weighted by molar-refractivity contribution is 6.42. The van der Waals surface area contributed by atoms with Crippen molar-refractivity contribution in [1.29, 1.82) is 5.26 Å². The van der Waals surface area contributed by atoms with Gasteiger partial charge in [-0.1, -0.05) is 41.4 Å². The Balaban J connectivity index is 1.75. The van der Waals surface area contributed by atoms with E-state index in [1.165, 1.54) is 13.2 Å². The fraction of sp³-hybridized carbons (Fsp3) is 0.154. The van der Waals surface area contributed by atoms with Crippen molar-refractivity contribution in [2.24, 2.45) is 0 Å². The molecule has 0 radical (unpaired) electrons. The van der Waals surface area contributed by atoms with Crippen LogP contribution in [0.2, 0.25) is 10.0 Å². The molecule has 0 saturated heterocycles. The van der Waals surface area contributed by atoms with Crippen LogP contribution in [0.4, 0.5) is 5.69 Å². The molecule has 168 valence electrons. The zero-order valence-electron chi connectivity index (χ0n) is 18.4. The van der Waals surface area contributed by atoms with Crippen molar-refractivity contribution in [3.8, 4) is 17.6 Å². The lowest BCUT2D eigenvalue weighted by atomic mass is 10.1. The molecule has 0 bridgehead atoms. The molecule has 0 spiro atoms. The molecular formula is C26H22Cl2N2O3. The van der Waals surface area contributed by atoms with Crippen molar-refractivity contribution in [3.05, 3.63) is 92.5 Å². The predicted octanol–water partition coefficient (Wildman–Crippen LogP) is 6.74. The molecule has 1 amide bonds. The van der Waals surface area contributed by atoms with Crippen LogP contribution in [0.3, 0.4) is 0 Å². The van der Waals surface area contributed by atoms with Crippen LogP contribution < -0.4 is 14.8 Å². The third-order valence-corrected chi connectivity index (χ3v) is 5.75. The van der Waals surface area contributed by atoms with Gasteiger partial charge in [-0.15, -0.1) is 0 Å². The van der Waals surface area contributed by atoms with E-state index < -0.39 is 5.91 Å². The topological polar surface area (TPSA) is 71.3 Å². The number of carbonyl (C=O) groups is 1. The number of methoxy groups -OCH3 is 1. The maximum atomic E-state index is 12.6. The minimum atomic E-state index is -0.486. The smallest absolute Gasteiger partial charge is 0.266 e. The van der Waals surface area contributed by atoms with E-state index >= 15 is 0 Å². The maximum Gasteiger partial charge on any atom is 0.266 e. The van der Waals surface area contributed by atoms with E-state index in [-0.39, 0.29) is 12.2 Å². The van der Waals surface area contributed by atoms with E-state index in [9.17, 15) is 10.1 Å². The van der Waals surface area contributed by atoms with E-state index in [1.807, 2.05) is 38.1 Å². The Labute approximate surface area is 203 Å². The second kappa shape index (κ2) is 10.9. The third-order valence-electron chi connectivity index (χ3n) is 5.01. The van der Waals surface area contributed by atoms with Crippen molar-refractivity contribution in [1.82, 2.24) is 0 Å². The number of benzene rings is 3. The maximum absolute atomic E-state index is 12.6. The summed E-state index contributed by atoms with van der Waals surface area (Å²) in [6.45, 7) is 4.22. The van der Waals surface area contributed by atoms with Crippen LogP contribution in [0, 0.1) is 25.2 Å². The number of rotatable bonds is 7. The highest BCUT2D eigenvalue weighted by Gasteiger charge is 2.12. The van der Waals surface area contributed by atoms with Crippen LogP contribution in [-0.2, 0) is 11.4 Å². The highest BCUT2D eigenvalue weighted by atomic mass is 35.5. The molecule has 0 aliphatic rings. The van der Waals surface area contributed by atoms with E-state index in [0.717, 1.165) is 16.7 Å². The molecule has 3 aromatic carbocycles. The van der Waals surface area contributed by atoms with E-state index in [0.29, 0.717) is 32.8 Å². The average molecular weight is 481 g/mol. The molecule has 5 nitrogen and oxygen atoms in total. The molecule has 0 aliphatic carbocycles. The van der Waals surface area contributed by atoms with Crippen LogP contribution in [0.25, 0.3) is 6.08 Å². The van der Waals surface area contributed by atoms with E-state index in [1.54, 1.807) is 36.4 Å². The lowest BCUT2D eigenvalue weighted by Crippen LogP contribution is -2.13. The first-order chi connectivity index (χ1) is 15.8. The van der Waals surface area contributed by atoms with Crippen molar-refractivity contribution >= 4 is 40.9 Å². The number of nitrogens with one attached hydrogen (secondary N) is 1. The van der Waals surface area contributed by atoms with E-state index in [4.69, 9.17) is 32.7 Å². The van der Waals surface area contributed by atoms with Crippen LogP contribution in [0.1, 0.15) is 22.3 Å². The Bertz CT molecular complexity index is 1260. The summed E-state index contributed by atoms with van der Waals surface area (Å²) < 4.78 is 11.3. The lowest BCUT2D eigenvalue weighted by molar-refractivity contribution is -0.112. The van der Waals surface area contributed by atoms with Gasteiger partial charge in [0.25, 0.3) is 5.91 Å². The van der Waals surface area contributed by atoms with Crippen LogP contribution in [-0.4, -0.2) is 13.0 Å². The fourth-order valence-corrected chi connectivity index (χ4v) is 3.34. The number of carbonyl (C=O) groups excluding carboxylic acids is 1. The van der Waals surface area contributed by atoms with Gasteiger partial charge in [-0.25, -0.2) is 0 Å². The van der Waals surface area contributed by atoms with E-state index in [2.05, 4.69) is 5.32 Å². The summed E-state index contributed by atoms with van der Waals surface area (Å²) >= 11 is 12.0. The highest BCUT2D eigenvalue weighted by Crippen LogP contribution is 2.30. The fourth-order valence-electron chi connectivity index (χ4n) is 3.02. The first-order valence-corrected chi connectivity index (χ1v) is 10.8. The number of hydrogen-bond acceptors (Lipinski definition) is 4. The summed E-state index contributed by atoms with van der Waals surface area (Å²) in [5.74, 6) is 0.495. The SMILES string of the molecule is COc1cc(/C=C(\C#N)C(=O)Nc2ccc(C)c(C)c2)ccc1OCc1ccc(Cl)c(Cl)c1. The van der Waals surface area contributed by atoms with Gasteiger partial charge in [0.2, 0.25) is 0 Å². The molecule has 0 aromatic heterocycles. The normalized spacial score (nSPS) is 11.0. The van der Waals surface area contributed by atoms with Gasteiger partial charge in [-0.2, -0.15) is 5.26 Å². The molecule has 0 unspecified atom stereocenters. The quantitative estimate of drug-likeness (QED) is 0.300. The number of hydrogen-bond donors (Lipinski definition) is 1. The Morgan fingerprint density at radius 2 is 1.79 bits per heavy atom. The Morgan fingerprint density at radius 1 is 1.00 bits per heavy atom. The minimum absolute atomic E-state index is 0.0280. The van der Waals surface area contributed by atoms with Crippen molar-refractivity contribution in [2.45, 2.75) is 20.5 Å². The average Bonchev–Trinajstić information content (AvgIpc) is 2.80. The molecule has 1 N–H and O–H groups in total. The molecule has 0 aliphatic heterocycles. The van der Waals surface area contributed by atoms with Gasteiger partial charge in [-0.05, 0) is 78.6 Å². The molecular weight excluding hydrogens is 459 g/mol. The molecule has 0 heterocycles. The van der Waals surface area contributed by atoms with Crippen molar-refractivity contribution in [2.75, 3.05) is 12.4 Å². The van der Waals surface area contributed by atoms with Crippen LogP contribution in [0.5, 0.6) is 11.5 Å². The number of ether oxygens (including phenoxy) is 2. The third kappa shape index (κ3) is 6.29. The number of amides is 1. The van der Waals surface area contributed by atoms with Crippen molar-refractivity contribution < 1.29 is 14.3 Å². The largest absolute Gasteiger partial charge is 0.493 e. The van der Waals surface area contributed by atoms with Gasteiger partial charge in [0.1, 0.15) is 18.2 Å². The Hall–Kier alpha value is -3.46. The van der Waals surface area contributed by atoms with Gasteiger partial charge in [0, 0.05) is 5.69 Å². The number of nitrogens with zero attached hydrogens (tertiary/aromatic N) is 1. The molecule has 0 atom stereocenters. The second-order valence-corrected chi connectivity index (χ2v) is 8.18. The summed E-state index contributed by atoms with van der Waals surface area (Å²) in [6, 6.07) is 18.0. The summed E-state index contributed by atoms with van der Waals surface area (Å²) in [5.41, 5.74) is 4.26. The molecule has 0 fully saturated rings. The number of aryl methyl sites for hydroxylation is 2. The standard InChI is InChI=1S/C26H22Cl2N2O3/c1-16-4-7-21(10-17(16)2)30-26(31)20(14-29)11-18-6-9-24(25(13-18)32-3)33-15-19-5-8-22(27)23(28)12-19/h4-13H,15H2,1-3H3,(H,30,31)/b20-11+. The summed E-state index contributed by atoms with van der Waals surface area (Å²) in [7, 11) is 1.52. The first kappa shape index (κ1) is 24.2. The van der Waals surface area contributed by atoms with Crippen LogP contribution >= 0.6 is 23.2 Å². The number of nitriles is 1. The second-order valence-electron chi connectivity index (χ2n) is 7.37. The van der Waals surface area contributed by atoms with Gasteiger partial charge in [-0.3, -0.25) is 4.79 Å². The minimum Gasteiger partial charge on any atom is -0.493 e. The predicted molar refractivity (Wildman–Crippen MR) is 132 cm³/mol. The summed E-state index contributed by atoms with van der Waals surface area (Å²) in [4.78, 5) is 12.6. The first-order valence-electron chi connectivity index (χ1n) is 10.1. The Kier molecular flexibility index (Phi) is 8.00. The molecule has 0 saturated carbocycles. The molecule has 33 heavy (non-hydrogen) atoms. The number of halogens is 2. The molecule has 3 aromatic rings. The van der Waals surface area contributed by atoms with Gasteiger partial charge >= 0.3 is 0 Å². The Morgan fingerprint density at radius 3 is 2.45 bits per heavy atom. The van der Waals surface area contributed by atoms with Gasteiger partial charge in [0.05, 0.1) is 17.2 Å². The zero-order chi connectivity index (χ0) is 24.0. The monoisotopic (exact) mass is 480 g/mol. The van der Waals surface area contributed by atoms with Gasteiger partial charge in [0.15, 0.2) is 11.5 Å². The number of anilines is 1. The molecule has 3 rings (SSSR count). The molecule has 7 heteroatoms.